The van der Waals surface area contributed by atoms with Gasteiger partial charge in [0.15, 0.2) is 5.78 Å². The number of nitrogens with one attached hydrogen (secondary N) is 1. The second-order valence-corrected chi connectivity index (χ2v) is 7.18. The van der Waals surface area contributed by atoms with Crippen LogP contribution in [-0.4, -0.2) is 60.6 Å². The molecule has 0 aromatic heterocycles. The number of sulfonamides is 1. The predicted molar refractivity (Wildman–Crippen MR) is 89.8 cm³/mol. The lowest BCUT2D eigenvalue weighted by Gasteiger charge is -2.26. The second-order valence-electron chi connectivity index (χ2n) is 5.43. The number of rotatable bonds is 5. The molecule has 0 aliphatic carbocycles. The molecule has 0 spiro atoms. The number of hydrogen-bond acceptors (Lipinski definition) is 8. The minimum absolute atomic E-state index is 0.131. The SMILES string of the molecule is CC(=N)/C(C(C)=O)=C(/O)COC(=O)C1=CN2CCS(=O)(=O)N=C2C=C1. The molecule has 0 fully saturated rings. The van der Waals surface area contributed by atoms with Crippen molar-refractivity contribution in [3.63, 3.8) is 0 Å². The Kier molecular flexibility index (Phi) is 5.21. The van der Waals surface area contributed by atoms with E-state index in [0.717, 1.165) is 0 Å². The largest absolute Gasteiger partial charge is 0.508 e. The van der Waals surface area contributed by atoms with Crippen LogP contribution in [-0.2, 0) is 24.3 Å². The van der Waals surface area contributed by atoms with Gasteiger partial charge in [-0.2, -0.15) is 0 Å². The van der Waals surface area contributed by atoms with Gasteiger partial charge in [0, 0.05) is 18.5 Å². The van der Waals surface area contributed by atoms with Crippen molar-refractivity contribution in [2.75, 3.05) is 18.9 Å². The summed E-state index contributed by atoms with van der Waals surface area (Å²) in [5, 5.41) is 17.3. The highest BCUT2D eigenvalue weighted by Gasteiger charge is 2.25. The highest BCUT2D eigenvalue weighted by atomic mass is 32.2. The molecule has 0 saturated heterocycles. The summed E-state index contributed by atoms with van der Waals surface area (Å²) in [6.45, 7) is 2.15. The number of esters is 1. The molecule has 0 bridgehead atoms. The Morgan fingerprint density at radius 2 is 2.04 bits per heavy atom. The number of Topliss-reactive ketones (excluding diaryl/α,β-unsaturated/α-hetero) is 1. The average molecular weight is 367 g/mol. The zero-order chi connectivity index (χ0) is 18.8. The minimum Gasteiger partial charge on any atom is -0.508 e. The van der Waals surface area contributed by atoms with Gasteiger partial charge in [0.2, 0.25) is 0 Å². The number of amidine groups is 1. The van der Waals surface area contributed by atoms with Gasteiger partial charge in [-0.3, -0.25) is 4.79 Å². The number of aliphatic hydroxyl groups excluding tert-OH is 1. The topological polar surface area (TPSA) is 137 Å². The molecule has 2 N–H and O–H groups in total. The van der Waals surface area contributed by atoms with Crippen LogP contribution in [0, 0.1) is 5.41 Å². The summed E-state index contributed by atoms with van der Waals surface area (Å²) >= 11 is 0. The summed E-state index contributed by atoms with van der Waals surface area (Å²) in [4.78, 5) is 25.0. The number of aliphatic hydroxyl groups is 1. The fraction of sp³-hybridized carbons (Fsp3) is 0.333. The van der Waals surface area contributed by atoms with Crippen molar-refractivity contribution in [1.29, 1.82) is 5.41 Å². The molecule has 2 aliphatic rings. The maximum Gasteiger partial charge on any atom is 0.340 e. The van der Waals surface area contributed by atoms with Crippen molar-refractivity contribution < 1.29 is 27.9 Å². The second kappa shape index (κ2) is 7.01. The Labute approximate surface area is 144 Å². The van der Waals surface area contributed by atoms with E-state index in [1.165, 1.54) is 37.1 Å². The highest BCUT2D eigenvalue weighted by Crippen LogP contribution is 2.17. The van der Waals surface area contributed by atoms with E-state index in [1.54, 1.807) is 0 Å². The first-order valence-corrected chi connectivity index (χ1v) is 8.86. The lowest BCUT2D eigenvalue weighted by atomic mass is 10.1. The molecule has 134 valence electrons. The third-order valence-corrected chi connectivity index (χ3v) is 4.58. The summed E-state index contributed by atoms with van der Waals surface area (Å²) < 4.78 is 31.4. The molecule has 2 heterocycles. The zero-order valence-corrected chi connectivity index (χ0v) is 14.5. The molecule has 9 nitrogen and oxygen atoms in total. The minimum atomic E-state index is -3.48. The van der Waals surface area contributed by atoms with Gasteiger partial charge in [-0.15, -0.1) is 4.40 Å². The third kappa shape index (κ3) is 4.41. The zero-order valence-electron chi connectivity index (χ0n) is 13.6. The Balaban J connectivity index is 2.10. The average Bonchev–Trinajstić information content (AvgIpc) is 2.50. The van der Waals surface area contributed by atoms with Crippen LogP contribution in [0.2, 0.25) is 0 Å². The first-order chi connectivity index (χ1) is 11.6. The van der Waals surface area contributed by atoms with Crippen molar-refractivity contribution in [3.05, 3.63) is 35.3 Å². The molecular weight excluding hydrogens is 350 g/mol. The molecule has 0 amide bonds. The monoisotopic (exact) mass is 367 g/mol. The van der Waals surface area contributed by atoms with Crippen LogP contribution in [0.25, 0.3) is 0 Å². The first kappa shape index (κ1) is 18.6. The fourth-order valence-electron chi connectivity index (χ4n) is 2.29. The Morgan fingerprint density at radius 1 is 1.36 bits per heavy atom. The summed E-state index contributed by atoms with van der Waals surface area (Å²) in [6, 6.07) is 0. The molecule has 0 radical (unpaired) electrons. The first-order valence-electron chi connectivity index (χ1n) is 7.25. The summed E-state index contributed by atoms with van der Waals surface area (Å²) in [5.74, 6) is -1.72. The molecule has 0 aromatic carbocycles. The van der Waals surface area contributed by atoms with Crippen LogP contribution >= 0.6 is 0 Å². The number of allylic oxidation sites excluding steroid dienone is 1. The van der Waals surface area contributed by atoms with Crippen LogP contribution in [0.1, 0.15) is 13.8 Å². The fourth-order valence-corrected chi connectivity index (χ4v) is 3.26. The van der Waals surface area contributed by atoms with E-state index in [2.05, 4.69) is 4.40 Å². The van der Waals surface area contributed by atoms with Crippen molar-refractivity contribution in [1.82, 2.24) is 4.90 Å². The maximum absolute atomic E-state index is 12.1. The van der Waals surface area contributed by atoms with Crippen molar-refractivity contribution in [2.24, 2.45) is 4.40 Å². The predicted octanol–water partition coefficient (Wildman–Crippen LogP) is 0.468. The summed E-state index contributed by atoms with van der Waals surface area (Å²) in [6.07, 6.45) is 4.14. The Bertz CT molecular complexity index is 848. The van der Waals surface area contributed by atoms with E-state index < -0.39 is 34.1 Å². The molecule has 0 atom stereocenters. The molecule has 0 aromatic rings. The smallest absolute Gasteiger partial charge is 0.340 e. The number of fused-ring (bicyclic) bond motifs is 1. The summed E-state index contributed by atoms with van der Waals surface area (Å²) in [5.41, 5.74) is -0.188. The number of carbonyl (C=O) groups is 2. The van der Waals surface area contributed by atoms with Crippen molar-refractivity contribution in [3.8, 4) is 0 Å². The highest BCUT2D eigenvalue weighted by molar-refractivity contribution is 7.90. The molecule has 0 saturated carbocycles. The van der Waals surface area contributed by atoms with Gasteiger partial charge < -0.3 is 20.2 Å². The molecule has 2 rings (SSSR count). The lowest BCUT2D eigenvalue weighted by Crippen LogP contribution is -2.37. The normalized spacial score (nSPS) is 19.2. The van der Waals surface area contributed by atoms with Gasteiger partial charge in [0.1, 0.15) is 18.2 Å². The molecule has 10 heteroatoms. The van der Waals surface area contributed by atoms with Gasteiger partial charge >= 0.3 is 5.97 Å². The maximum atomic E-state index is 12.1. The number of ketones is 1. The molecule has 25 heavy (non-hydrogen) atoms. The van der Waals surface area contributed by atoms with E-state index in [0.29, 0.717) is 0 Å². The van der Waals surface area contributed by atoms with E-state index >= 15 is 0 Å². The van der Waals surface area contributed by atoms with Gasteiger partial charge in [-0.25, -0.2) is 13.2 Å². The summed E-state index contributed by atoms with van der Waals surface area (Å²) in [7, 11) is -3.48. The lowest BCUT2D eigenvalue weighted by molar-refractivity contribution is -0.138. The van der Waals surface area contributed by atoms with Crippen LogP contribution in [0.15, 0.2) is 39.7 Å². The van der Waals surface area contributed by atoms with Crippen LogP contribution < -0.4 is 0 Å². The van der Waals surface area contributed by atoms with Crippen LogP contribution in [0.5, 0.6) is 0 Å². The van der Waals surface area contributed by atoms with Crippen molar-refractivity contribution in [2.45, 2.75) is 13.8 Å². The molecule has 0 unspecified atom stereocenters. The standard InChI is InChI=1S/C15H17N3O6S/c1-9(16)14(10(2)19)12(20)8-24-15(21)11-3-4-13-17-25(22,23)6-5-18(13)7-11/h3-4,7,16,20H,5-6,8H2,1-2H3/b14-12-,16-9?. The van der Waals surface area contributed by atoms with E-state index in [1.807, 2.05) is 0 Å². The van der Waals surface area contributed by atoms with Gasteiger partial charge in [0.05, 0.1) is 16.9 Å². The van der Waals surface area contributed by atoms with Crippen molar-refractivity contribution >= 4 is 33.3 Å². The number of carbonyl (C=O) groups excluding carboxylic acids is 2. The van der Waals surface area contributed by atoms with Crippen LogP contribution in [0.4, 0.5) is 0 Å². The van der Waals surface area contributed by atoms with E-state index in [4.69, 9.17) is 10.1 Å². The number of hydrogen-bond donors (Lipinski definition) is 2. The Morgan fingerprint density at radius 3 is 2.64 bits per heavy atom. The molecular formula is C15H17N3O6S. The molecule has 2 aliphatic heterocycles. The van der Waals surface area contributed by atoms with Gasteiger partial charge in [-0.05, 0) is 26.0 Å². The van der Waals surface area contributed by atoms with Gasteiger partial charge in [-0.1, -0.05) is 0 Å². The number of ether oxygens (including phenoxy) is 1. The Hall–Kier alpha value is -2.75. The third-order valence-electron chi connectivity index (χ3n) is 3.42. The van der Waals surface area contributed by atoms with E-state index in [9.17, 15) is 23.1 Å². The van der Waals surface area contributed by atoms with E-state index in [-0.39, 0.29) is 35.0 Å². The van der Waals surface area contributed by atoms with Gasteiger partial charge in [0.25, 0.3) is 10.0 Å². The quantitative estimate of drug-likeness (QED) is 0.312. The number of nitrogens with zero attached hydrogens (tertiary/aromatic N) is 2. The van der Waals surface area contributed by atoms with Crippen LogP contribution in [0.3, 0.4) is 0 Å².